The maximum absolute atomic E-state index is 12.6. The van der Waals surface area contributed by atoms with Crippen molar-refractivity contribution in [3.05, 3.63) is 52.1 Å². The van der Waals surface area contributed by atoms with E-state index >= 15 is 0 Å². The second-order valence-electron chi connectivity index (χ2n) is 7.89. The van der Waals surface area contributed by atoms with Gasteiger partial charge in [-0.1, -0.05) is 18.2 Å². The minimum atomic E-state index is -1.05. The summed E-state index contributed by atoms with van der Waals surface area (Å²) in [6, 6.07) is 10.1. The van der Waals surface area contributed by atoms with Gasteiger partial charge in [0, 0.05) is 15.5 Å². The predicted molar refractivity (Wildman–Crippen MR) is 108 cm³/mol. The number of hydrogen-bond donors (Lipinski definition) is 2. The Bertz CT molecular complexity index is 1030. The van der Waals surface area contributed by atoms with E-state index in [4.69, 9.17) is 0 Å². The molecule has 4 atom stereocenters. The summed E-state index contributed by atoms with van der Waals surface area (Å²) >= 11 is 1.69. The van der Waals surface area contributed by atoms with Gasteiger partial charge in [0.1, 0.15) is 5.70 Å². The molecule has 2 fully saturated rings. The Labute approximate surface area is 166 Å². The Morgan fingerprint density at radius 3 is 2.86 bits per heavy atom. The number of carbonyl (C=O) groups is 2. The lowest BCUT2D eigenvalue weighted by molar-refractivity contribution is -0.163. The zero-order chi connectivity index (χ0) is 19.6. The Kier molecular flexibility index (Phi) is 3.96. The van der Waals surface area contributed by atoms with E-state index in [9.17, 15) is 19.8 Å². The van der Waals surface area contributed by atoms with E-state index in [2.05, 4.69) is 24.3 Å². The van der Waals surface area contributed by atoms with E-state index in [0.29, 0.717) is 0 Å². The van der Waals surface area contributed by atoms with Crippen molar-refractivity contribution in [2.24, 2.45) is 11.8 Å². The van der Waals surface area contributed by atoms with Crippen LogP contribution in [0.5, 0.6) is 0 Å². The number of aliphatic hydroxyl groups excluding tert-OH is 1. The maximum atomic E-state index is 12.6. The molecule has 1 aromatic heterocycles. The molecule has 1 amide bonds. The highest BCUT2D eigenvalue weighted by molar-refractivity contribution is 7.19. The van der Waals surface area contributed by atoms with E-state index < -0.39 is 18.0 Å². The van der Waals surface area contributed by atoms with Gasteiger partial charge in [0.25, 0.3) is 0 Å². The number of allylic oxidation sites excluding steroid dienone is 1. The molecule has 1 aliphatic carbocycles. The number of aliphatic hydroxyl groups is 1. The molecular weight excluding hydrogens is 374 g/mol. The number of carboxylic acids is 1. The van der Waals surface area contributed by atoms with Crippen molar-refractivity contribution < 1.29 is 19.8 Å². The summed E-state index contributed by atoms with van der Waals surface area (Å²) < 4.78 is 1.20. The number of rotatable bonds is 3. The van der Waals surface area contributed by atoms with E-state index in [0.717, 1.165) is 35.3 Å². The highest BCUT2D eigenvalue weighted by Gasteiger charge is 2.61. The van der Waals surface area contributed by atoms with Gasteiger partial charge in [-0.3, -0.25) is 4.79 Å². The van der Waals surface area contributed by atoms with Gasteiger partial charge in [-0.05, 0) is 60.9 Å². The second kappa shape index (κ2) is 6.29. The quantitative estimate of drug-likeness (QED) is 0.778. The Morgan fingerprint density at radius 1 is 1.36 bits per heavy atom. The number of amides is 1. The smallest absolute Gasteiger partial charge is 0.352 e. The van der Waals surface area contributed by atoms with Crippen LogP contribution in [0.15, 0.2) is 47.2 Å². The minimum Gasteiger partial charge on any atom is -0.477 e. The Morgan fingerprint density at radius 2 is 2.14 bits per heavy atom. The standard InChI is InChI=1S/C22H21NO4S/c1-11(24)17-19-15-7-4-6-13(18(15)20(22(26)27)23(19)21(17)25)10-14-9-12-5-2-3-8-16(12)28-14/h2-3,5,8-11,15,17,19,24H,4,6-7H2,1H3,(H,26,27)/b13-10+/t11-,15+,17-,19-/m1/s1. The van der Waals surface area contributed by atoms with E-state index in [1.807, 2.05) is 12.1 Å². The highest BCUT2D eigenvalue weighted by Crippen LogP contribution is 2.54. The van der Waals surface area contributed by atoms with Gasteiger partial charge in [-0.15, -0.1) is 11.3 Å². The molecule has 28 heavy (non-hydrogen) atoms. The van der Waals surface area contributed by atoms with E-state index in [-0.39, 0.29) is 23.6 Å². The lowest BCUT2D eigenvalue weighted by Gasteiger charge is -2.47. The van der Waals surface area contributed by atoms with Crippen LogP contribution in [0.2, 0.25) is 0 Å². The summed E-state index contributed by atoms with van der Waals surface area (Å²) in [5.74, 6) is -1.82. The monoisotopic (exact) mass is 395 g/mol. The lowest BCUT2D eigenvalue weighted by atomic mass is 9.71. The van der Waals surface area contributed by atoms with Crippen LogP contribution in [0.25, 0.3) is 16.2 Å². The normalized spacial score (nSPS) is 29.1. The number of hydrogen-bond acceptors (Lipinski definition) is 4. The third kappa shape index (κ3) is 2.41. The van der Waals surface area contributed by atoms with Crippen LogP contribution in [-0.4, -0.2) is 39.1 Å². The van der Waals surface area contributed by atoms with Gasteiger partial charge >= 0.3 is 5.97 Å². The van der Waals surface area contributed by atoms with Crippen LogP contribution in [0.4, 0.5) is 0 Å². The van der Waals surface area contributed by atoms with Crippen molar-refractivity contribution in [1.29, 1.82) is 0 Å². The fourth-order valence-electron chi connectivity index (χ4n) is 5.16. The van der Waals surface area contributed by atoms with Crippen molar-refractivity contribution in [3.63, 3.8) is 0 Å². The molecule has 2 aliphatic heterocycles. The number of thiophene rings is 1. The molecule has 0 spiro atoms. The third-order valence-electron chi connectivity index (χ3n) is 6.26. The van der Waals surface area contributed by atoms with E-state index in [1.165, 1.54) is 15.0 Å². The summed E-state index contributed by atoms with van der Waals surface area (Å²) in [4.78, 5) is 27.2. The number of β-lactam (4-membered cyclic amide) rings is 1. The predicted octanol–water partition coefficient (Wildman–Crippen LogP) is 3.64. The van der Waals surface area contributed by atoms with Crippen LogP contribution in [-0.2, 0) is 9.59 Å². The molecule has 6 heteroatoms. The highest BCUT2D eigenvalue weighted by atomic mass is 32.1. The van der Waals surface area contributed by atoms with Crippen molar-refractivity contribution in [3.8, 4) is 0 Å². The molecule has 5 nitrogen and oxygen atoms in total. The van der Waals surface area contributed by atoms with Crippen LogP contribution in [0, 0.1) is 11.8 Å². The molecule has 2 aromatic rings. The van der Waals surface area contributed by atoms with Gasteiger partial charge < -0.3 is 15.1 Å². The van der Waals surface area contributed by atoms with Gasteiger partial charge in [0.05, 0.1) is 18.1 Å². The zero-order valence-corrected chi connectivity index (χ0v) is 16.3. The molecule has 144 valence electrons. The molecule has 1 saturated heterocycles. The van der Waals surface area contributed by atoms with Gasteiger partial charge in [0.2, 0.25) is 5.91 Å². The SMILES string of the molecule is C[C@@H](O)[C@H]1C(=O)N2C(C(=O)O)=C3/C(=C/c4cc5ccccc5s4)CCC[C@@H]3[C@H]12. The number of fused-ring (bicyclic) bond motifs is 4. The molecule has 0 unspecified atom stereocenters. The number of benzene rings is 1. The topological polar surface area (TPSA) is 77.8 Å². The van der Waals surface area contributed by atoms with Gasteiger partial charge in [0.15, 0.2) is 0 Å². The number of carbonyl (C=O) groups excluding carboxylic acids is 1. The Hall–Kier alpha value is -2.44. The first-order valence-electron chi connectivity index (χ1n) is 9.65. The van der Waals surface area contributed by atoms with Crippen molar-refractivity contribution in [1.82, 2.24) is 4.90 Å². The first-order valence-corrected chi connectivity index (χ1v) is 10.5. The molecule has 0 radical (unpaired) electrons. The largest absolute Gasteiger partial charge is 0.477 e. The average molecular weight is 395 g/mol. The molecule has 1 saturated carbocycles. The molecule has 2 N–H and O–H groups in total. The van der Waals surface area contributed by atoms with Crippen LogP contribution in [0.1, 0.15) is 31.1 Å². The summed E-state index contributed by atoms with van der Waals surface area (Å²) in [7, 11) is 0. The number of carboxylic acid groups (broad SMARTS) is 1. The average Bonchev–Trinajstić information content (AvgIpc) is 3.18. The number of nitrogens with zero attached hydrogens (tertiary/aromatic N) is 1. The molecule has 5 rings (SSSR count). The minimum absolute atomic E-state index is 0.00206. The van der Waals surface area contributed by atoms with Crippen LogP contribution >= 0.6 is 11.3 Å². The number of aliphatic carboxylic acids is 1. The van der Waals surface area contributed by atoms with E-state index in [1.54, 1.807) is 18.3 Å². The first-order chi connectivity index (χ1) is 13.5. The summed E-state index contributed by atoms with van der Waals surface area (Å²) in [5.41, 5.74) is 1.95. The lowest BCUT2D eigenvalue weighted by Crippen LogP contribution is -2.63. The van der Waals surface area contributed by atoms with Crippen LogP contribution in [0.3, 0.4) is 0 Å². The summed E-state index contributed by atoms with van der Waals surface area (Å²) in [6.07, 6.45) is 3.96. The molecular formula is C22H21NO4S. The molecule has 3 aliphatic rings. The first kappa shape index (κ1) is 17.6. The van der Waals surface area contributed by atoms with Gasteiger partial charge in [-0.25, -0.2) is 4.79 Å². The van der Waals surface area contributed by atoms with Crippen molar-refractivity contribution >= 4 is 39.4 Å². The van der Waals surface area contributed by atoms with Crippen LogP contribution < -0.4 is 0 Å². The molecule has 0 bridgehead atoms. The summed E-state index contributed by atoms with van der Waals surface area (Å²) in [6.45, 7) is 1.62. The van der Waals surface area contributed by atoms with Gasteiger partial charge in [-0.2, -0.15) is 0 Å². The van der Waals surface area contributed by atoms with Crippen molar-refractivity contribution in [2.75, 3.05) is 0 Å². The zero-order valence-electron chi connectivity index (χ0n) is 15.5. The third-order valence-corrected chi connectivity index (χ3v) is 7.32. The molecule has 3 heterocycles. The van der Waals surface area contributed by atoms with Crippen molar-refractivity contribution in [2.45, 2.75) is 38.3 Å². The fraction of sp³-hybridized carbons (Fsp3) is 0.364. The fourth-order valence-corrected chi connectivity index (χ4v) is 6.19. The molecule has 1 aromatic carbocycles. The summed E-state index contributed by atoms with van der Waals surface area (Å²) in [5, 5.41) is 21.1. The Balaban J connectivity index is 1.61. The maximum Gasteiger partial charge on any atom is 0.352 e. The second-order valence-corrected chi connectivity index (χ2v) is 9.00.